The van der Waals surface area contributed by atoms with Gasteiger partial charge in [-0.3, -0.25) is 0 Å². The predicted molar refractivity (Wildman–Crippen MR) is 217 cm³/mol. The van der Waals surface area contributed by atoms with Crippen molar-refractivity contribution in [2.75, 3.05) is 4.90 Å². The Morgan fingerprint density at radius 1 is 0.451 bits per heavy atom. The first-order valence-electron chi connectivity index (χ1n) is 17.8. The lowest BCUT2D eigenvalue weighted by Crippen LogP contribution is -2.10. The van der Waals surface area contributed by atoms with Crippen LogP contribution in [-0.4, -0.2) is 4.57 Å². The number of fused-ring (bicyclic) bond motifs is 3. The number of aromatic nitrogens is 1. The topological polar surface area (TPSA) is 8.17 Å². The van der Waals surface area contributed by atoms with Crippen LogP contribution >= 0.6 is 0 Å². The fraction of sp³-hybridized carbons (Fsp3) is 0.0612. The maximum Gasteiger partial charge on any atom is 0.0541 e. The van der Waals surface area contributed by atoms with Crippen molar-refractivity contribution in [3.63, 3.8) is 0 Å². The third kappa shape index (κ3) is 5.85. The second-order valence-electron chi connectivity index (χ2n) is 13.5. The van der Waals surface area contributed by atoms with Crippen molar-refractivity contribution in [1.82, 2.24) is 4.57 Å². The number of anilines is 3. The molecular formula is C49H38N2. The van der Waals surface area contributed by atoms with Gasteiger partial charge >= 0.3 is 0 Å². The Bertz CT molecular complexity index is 2460. The Labute approximate surface area is 299 Å². The molecule has 244 valence electrons. The smallest absolute Gasteiger partial charge is 0.0541 e. The number of nitrogens with zero attached hydrogens (tertiary/aromatic N) is 2. The molecule has 0 aliphatic heterocycles. The molecule has 7 aromatic carbocycles. The molecule has 51 heavy (non-hydrogen) atoms. The van der Waals surface area contributed by atoms with Gasteiger partial charge in [-0.15, -0.1) is 0 Å². The molecule has 0 spiro atoms. The highest BCUT2D eigenvalue weighted by Gasteiger charge is 2.16. The highest BCUT2D eigenvalue weighted by Crippen LogP contribution is 2.38. The molecule has 2 heteroatoms. The van der Waals surface area contributed by atoms with E-state index >= 15 is 0 Å². The summed E-state index contributed by atoms with van der Waals surface area (Å²) >= 11 is 0. The highest BCUT2D eigenvalue weighted by atomic mass is 15.1. The number of hydrogen-bond donors (Lipinski definition) is 0. The molecule has 1 aromatic heterocycles. The van der Waals surface area contributed by atoms with Crippen LogP contribution < -0.4 is 4.90 Å². The zero-order valence-corrected chi connectivity index (χ0v) is 28.7. The number of hydrogen-bond acceptors (Lipinski definition) is 1. The molecule has 0 bridgehead atoms. The quantitative estimate of drug-likeness (QED) is 0.166. The number of allylic oxidation sites excluding steroid dienone is 4. The van der Waals surface area contributed by atoms with Gasteiger partial charge in [-0.25, -0.2) is 0 Å². The van der Waals surface area contributed by atoms with E-state index in [1.54, 1.807) is 0 Å². The van der Waals surface area contributed by atoms with Crippen LogP contribution in [0.2, 0.25) is 0 Å². The third-order valence-corrected chi connectivity index (χ3v) is 10.2. The van der Waals surface area contributed by atoms with Gasteiger partial charge in [-0.2, -0.15) is 0 Å². The lowest BCUT2D eigenvalue weighted by Gasteiger charge is -2.26. The maximum atomic E-state index is 2.37. The fourth-order valence-corrected chi connectivity index (χ4v) is 7.57. The molecule has 0 radical (unpaired) electrons. The van der Waals surface area contributed by atoms with E-state index < -0.39 is 0 Å². The molecule has 1 unspecified atom stereocenters. The lowest BCUT2D eigenvalue weighted by atomic mass is 9.91. The Hall–Kier alpha value is -6.38. The van der Waals surface area contributed by atoms with E-state index in [0.29, 0.717) is 5.92 Å². The third-order valence-electron chi connectivity index (χ3n) is 10.2. The summed E-state index contributed by atoms with van der Waals surface area (Å²) in [5.41, 5.74) is 14.5. The first-order chi connectivity index (χ1) is 25.2. The zero-order chi connectivity index (χ0) is 34.1. The van der Waals surface area contributed by atoms with Gasteiger partial charge in [0.1, 0.15) is 0 Å². The van der Waals surface area contributed by atoms with Gasteiger partial charge in [-0.1, -0.05) is 140 Å². The Morgan fingerprint density at radius 2 is 0.882 bits per heavy atom. The summed E-state index contributed by atoms with van der Waals surface area (Å²) in [6.45, 7) is 2.28. The van der Waals surface area contributed by atoms with E-state index in [9.17, 15) is 0 Å². The Balaban J connectivity index is 1.05. The van der Waals surface area contributed by atoms with Gasteiger partial charge in [0, 0.05) is 33.5 Å². The second-order valence-corrected chi connectivity index (χ2v) is 13.5. The van der Waals surface area contributed by atoms with Crippen molar-refractivity contribution in [3.8, 4) is 27.9 Å². The predicted octanol–water partition coefficient (Wildman–Crippen LogP) is 13.6. The van der Waals surface area contributed by atoms with Crippen molar-refractivity contribution in [3.05, 3.63) is 200 Å². The largest absolute Gasteiger partial charge is 0.311 e. The van der Waals surface area contributed by atoms with E-state index in [1.807, 2.05) is 0 Å². The monoisotopic (exact) mass is 654 g/mol. The van der Waals surface area contributed by atoms with Gasteiger partial charge in [0.05, 0.1) is 11.0 Å². The molecule has 1 heterocycles. The van der Waals surface area contributed by atoms with Crippen LogP contribution in [0, 0.1) is 5.92 Å². The molecule has 8 aromatic rings. The number of rotatable bonds is 7. The summed E-state index contributed by atoms with van der Waals surface area (Å²) in [6.07, 6.45) is 7.80. The summed E-state index contributed by atoms with van der Waals surface area (Å²) in [5.74, 6) is 0.563. The molecule has 0 N–H and O–H groups in total. The van der Waals surface area contributed by atoms with Gasteiger partial charge < -0.3 is 9.47 Å². The zero-order valence-electron chi connectivity index (χ0n) is 28.7. The second kappa shape index (κ2) is 13.2. The molecule has 1 aliphatic rings. The molecular weight excluding hydrogens is 617 g/mol. The van der Waals surface area contributed by atoms with Gasteiger partial charge in [0.25, 0.3) is 0 Å². The Kier molecular flexibility index (Phi) is 7.91. The summed E-state index contributed by atoms with van der Waals surface area (Å²) in [7, 11) is 0. The SMILES string of the molecule is CC1C=CC=C(c2ccc(N(c3ccc(-c4ccccc4)cc3)c3ccc(-c4ccc(-n5c6ccccc6c6ccccc65)cc4)cc3)cc2)C1. The van der Waals surface area contributed by atoms with Crippen LogP contribution in [0.3, 0.4) is 0 Å². The van der Waals surface area contributed by atoms with Gasteiger partial charge in [0.15, 0.2) is 0 Å². The minimum atomic E-state index is 0.563. The van der Waals surface area contributed by atoms with Gasteiger partial charge in [-0.05, 0) is 106 Å². The van der Waals surface area contributed by atoms with Crippen LogP contribution in [0.25, 0.3) is 55.3 Å². The van der Waals surface area contributed by atoms with Crippen molar-refractivity contribution in [2.24, 2.45) is 5.92 Å². The van der Waals surface area contributed by atoms with Crippen LogP contribution in [0.5, 0.6) is 0 Å². The summed E-state index contributed by atoms with van der Waals surface area (Å²) in [5, 5.41) is 2.55. The van der Waals surface area contributed by atoms with E-state index in [2.05, 4.69) is 211 Å². The van der Waals surface area contributed by atoms with Crippen LogP contribution in [-0.2, 0) is 0 Å². The normalized spacial score (nSPS) is 14.1. The molecule has 0 saturated heterocycles. The fourth-order valence-electron chi connectivity index (χ4n) is 7.57. The minimum Gasteiger partial charge on any atom is -0.311 e. The molecule has 0 amide bonds. The molecule has 0 fully saturated rings. The van der Waals surface area contributed by atoms with Crippen molar-refractivity contribution in [2.45, 2.75) is 13.3 Å². The van der Waals surface area contributed by atoms with E-state index in [-0.39, 0.29) is 0 Å². The molecule has 0 saturated carbocycles. The van der Waals surface area contributed by atoms with E-state index in [1.165, 1.54) is 55.2 Å². The maximum absolute atomic E-state index is 2.37. The molecule has 2 nitrogen and oxygen atoms in total. The lowest BCUT2D eigenvalue weighted by molar-refractivity contribution is 0.749. The summed E-state index contributed by atoms with van der Waals surface area (Å²) in [6, 6.07) is 63.8. The molecule has 1 aliphatic carbocycles. The Morgan fingerprint density at radius 3 is 1.39 bits per heavy atom. The van der Waals surface area contributed by atoms with Crippen molar-refractivity contribution in [1.29, 1.82) is 0 Å². The standard InChI is InChI=1S/C49H38N2/c1-35-10-9-13-41(34-35)40-24-30-44(31-25-40)50(42-26-18-37(19-27-42)36-11-3-2-4-12-36)43-28-20-38(21-29-43)39-22-32-45(33-23-39)51-48-16-7-5-14-46(48)47-15-6-8-17-49(47)51/h2-33,35H,34H2,1H3. The molecule has 9 rings (SSSR count). The van der Waals surface area contributed by atoms with E-state index in [0.717, 1.165) is 29.2 Å². The van der Waals surface area contributed by atoms with Crippen molar-refractivity contribution < 1.29 is 0 Å². The van der Waals surface area contributed by atoms with Crippen LogP contribution in [0.4, 0.5) is 17.1 Å². The summed E-state index contributed by atoms with van der Waals surface area (Å²) < 4.78 is 2.37. The van der Waals surface area contributed by atoms with E-state index in [4.69, 9.17) is 0 Å². The van der Waals surface area contributed by atoms with Crippen LogP contribution in [0.15, 0.2) is 194 Å². The number of benzene rings is 7. The van der Waals surface area contributed by atoms with Crippen LogP contribution in [0.1, 0.15) is 18.9 Å². The van der Waals surface area contributed by atoms with Gasteiger partial charge in [0.2, 0.25) is 0 Å². The number of para-hydroxylation sites is 2. The average Bonchev–Trinajstić information content (AvgIpc) is 3.54. The molecule has 1 atom stereocenters. The minimum absolute atomic E-state index is 0.563. The summed E-state index contributed by atoms with van der Waals surface area (Å²) in [4.78, 5) is 2.35. The first-order valence-corrected chi connectivity index (χ1v) is 17.8. The average molecular weight is 655 g/mol. The van der Waals surface area contributed by atoms with Crippen molar-refractivity contribution >= 4 is 44.4 Å². The highest BCUT2D eigenvalue weighted by molar-refractivity contribution is 6.09. The first kappa shape index (κ1) is 30.7.